The number of nitrogens with zero attached hydrogens (tertiary/aromatic N) is 2. The molecule has 0 aliphatic heterocycles. The molecule has 1 amide bonds. The highest BCUT2D eigenvalue weighted by Crippen LogP contribution is 2.41. The predicted molar refractivity (Wildman–Crippen MR) is 98.3 cm³/mol. The summed E-state index contributed by atoms with van der Waals surface area (Å²) in [6, 6.07) is 0. The number of hydrogen-bond donors (Lipinski definition) is 1. The Morgan fingerprint density at radius 3 is 2.24 bits per heavy atom. The van der Waals surface area contributed by atoms with Crippen molar-refractivity contribution in [3.05, 3.63) is 18.4 Å². The maximum absolute atomic E-state index is 12.2. The lowest BCUT2D eigenvalue weighted by Crippen LogP contribution is -2.38. The van der Waals surface area contributed by atoms with E-state index < -0.39 is 30.8 Å². The van der Waals surface area contributed by atoms with Crippen LogP contribution in [0.3, 0.4) is 0 Å². The van der Waals surface area contributed by atoms with Gasteiger partial charge in [0.25, 0.3) is 0 Å². The number of carbonyl (C=O) groups excluding carboxylic acids is 1. The fourth-order valence-corrected chi connectivity index (χ4v) is 3.52. The SMILES string of the molecule is C=C(CCNC(=O)COCC1CC(OC(F)(F)F)C1)c1nnc(C2CC(OC(F)(F)F)C2)o1. The van der Waals surface area contributed by atoms with Crippen molar-refractivity contribution in [1.82, 2.24) is 15.5 Å². The summed E-state index contributed by atoms with van der Waals surface area (Å²) in [6.07, 6.45) is -10.1. The van der Waals surface area contributed by atoms with Crippen LogP contribution < -0.4 is 5.32 Å². The van der Waals surface area contributed by atoms with E-state index in [1.807, 2.05) is 0 Å². The number of aromatic nitrogens is 2. The highest BCUT2D eigenvalue weighted by atomic mass is 19.4. The van der Waals surface area contributed by atoms with Crippen LogP contribution in [-0.4, -0.2) is 60.8 Å². The second kappa shape index (κ2) is 10.4. The quantitative estimate of drug-likeness (QED) is 0.476. The van der Waals surface area contributed by atoms with E-state index in [0.29, 0.717) is 5.57 Å². The molecule has 0 bridgehead atoms. The fourth-order valence-electron chi connectivity index (χ4n) is 3.52. The molecule has 2 aliphatic rings. The predicted octanol–water partition coefficient (Wildman–Crippen LogP) is 3.70. The number of amides is 1. The van der Waals surface area contributed by atoms with E-state index >= 15 is 0 Å². The second-order valence-corrected chi connectivity index (χ2v) is 8.04. The van der Waals surface area contributed by atoms with Crippen LogP contribution in [0.4, 0.5) is 26.3 Å². The fraction of sp³-hybridized carbons (Fsp3) is 0.737. The molecule has 0 radical (unpaired) electrons. The molecule has 186 valence electrons. The van der Waals surface area contributed by atoms with Gasteiger partial charge in [-0.1, -0.05) is 6.58 Å². The lowest BCUT2D eigenvalue weighted by Gasteiger charge is -2.34. The highest BCUT2D eigenvalue weighted by Gasteiger charge is 2.42. The first-order chi connectivity index (χ1) is 15.4. The van der Waals surface area contributed by atoms with Crippen molar-refractivity contribution in [2.75, 3.05) is 19.8 Å². The minimum Gasteiger partial charge on any atom is -0.421 e. The summed E-state index contributed by atoms with van der Waals surface area (Å²) in [5, 5.41) is 10.3. The third-order valence-electron chi connectivity index (χ3n) is 5.32. The van der Waals surface area contributed by atoms with Gasteiger partial charge in [0.05, 0.1) is 18.8 Å². The van der Waals surface area contributed by atoms with Gasteiger partial charge >= 0.3 is 12.7 Å². The molecule has 14 heteroatoms. The summed E-state index contributed by atoms with van der Waals surface area (Å²) in [4.78, 5) is 11.8. The van der Waals surface area contributed by atoms with Crippen molar-refractivity contribution in [2.45, 2.75) is 63.0 Å². The first kappa shape index (κ1) is 25.4. The molecule has 0 aromatic carbocycles. The number of nitrogens with one attached hydrogen (secondary N) is 1. The first-order valence-corrected chi connectivity index (χ1v) is 10.2. The van der Waals surface area contributed by atoms with Crippen LogP contribution in [0, 0.1) is 5.92 Å². The molecule has 1 N–H and O–H groups in total. The van der Waals surface area contributed by atoms with Crippen LogP contribution in [0.15, 0.2) is 11.0 Å². The summed E-state index contributed by atoms with van der Waals surface area (Å²) in [5.74, 6) is -0.445. The third-order valence-corrected chi connectivity index (χ3v) is 5.32. The summed E-state index contributed by atoms with van der Waals surface area (Å²) in [5.41, 5.74) is 0.447. The van der Waals surface area contributed by atoms with Gasteiger partial charge < -0.3 is 14.5 Å². The topological polar surface area (TPSA) is 95.7 Å². The molecule has 0 atom stereocenters. The largest absolute Gasteiger partial charge is 0.522 e. The van der Waals surface area contributed by atoms with Crippen molar-refractivity contribution in [3.63, 3.8) is 0 Å². The van der Waals surface area contributed by atoms with Crippen LogP contribution in [0.5, 0.6) is 0 Å². The molecular formula is C19H23F6N3O5. The van der Waals surface area contributed by atoms with Gasteiger partial charge in [-0.15, -0.1) is 36.5 Å². The number of alkyl halides is 6. The Labute approximate surface area is 184 Å². The van der Waals surface area contributed by atoms with Crippen LogP contribution in [0.25, 0.3) is 5.57 Å². The van der Waals surface area contributed by atoms with Gasteiger partial charge in [0, 0.05) is 18.0 Å². The standard InChI is InChI=1S/C19H23F6N3O5/c1-10(16-27-28-17(31-16)12-6-14(7-12)33-19(23,24)25)2-3-26-15(29)9-30-8-11-4-13(5-11)32-18(20,21)22/h11-14H,1-9H2,(H,26,29). The van der Waals surface area contributed by atoms with Gasteiger partial charge in [0.1, 0.15) is 6.61 Å². The number of ether oxygens (including phenoxy) is 3. The Balaban J connectivity index is 1.25. The molecular weight excluding hydrogens is 464 g/mol. The first-order valence-electron chi connectivity index (χ1n) is 10.2. The molecule has 2 fully saturated rings. The van der Waals surface area contributed by atoms with E-state index in [-0.39, 0.29) is 75.5 Å². The molecule has 1 aromatic rings. The van der Waals surface area contributed by atoms with E-state index in [1.165, 1.54) is 0 Å². The normalized spacial score (nSPS) is 25.3. The number of carbonyl (C=O) groups is 1. The van der Waals surface area contributed by atoms with Crippen molar-refractivity contribution in [2.24, 2.45) is 5.92 Å². The molecule has 0 unspecified atom stereocenters. The van der Waals surface area contributed by atoms with E-state index in [4.69, 9.17) is 9.15 Å². The van der Waals surface area contributed by atoms with Gasteiger partial charge in [-0.05, 0) is 38.0 Å². The minimum atomic E-state index is -4.68. The van der Waals surface area contributed by atoms with E-state index in [9.17, 15) is 31.1 Å². The van der Waals surface area contributed by atoms with Crippen LogP contribution >= 0.6 is 0 Å². The average molecular weight is 487 g/mol. The molecule has 1 heterocycles. The molecule has 33 heavy (non-hydrogen) atoms. The summed E-state index contributed by atoms with van der Waals surface area (Å²) >= 11 is 0. The number of hydrogen-bond acceptors (Lipinski definition) is 7. The number of rotatable bonds is 11. The lowest BCUT2D eigenvalue weighted by molar-refractivity contribution is -0.355. The van der Waals surface area contributed by atoms with Crippen LogP contribution in [-0.2, 0) is 19.0 Å². The molecule has 1 aromatic heterocycles. The van der Waals surface area contributed by atoms with Gasteiger partial charge in [-0.2, -0.15) is 0 Å². The van der Waals surface area contributed by atoms with Crippen molar-refractivity contribution >= 4 is 11.5 Å². The van der Waals surface area contributed by atoms with Gasteiger partial charge in [-0.3, -0.25) is 14.3 Å². The van der Waals surface area contributed by atoms with Crippen molar-refractivity contribution in [3.8, 4) is 0 Å². The van der Waals surface area contributed by atoms with Gasteiger partial charge in [0.2, 0.25) is 17.7 Å². The molecule has 0 spiro atoms. The third kappa shape index (κ3) is 8.27. The Bertz CT molecular complexity index is 816. The van der Waals surface area contributed by atoms with E-state index in [2.05, 4.69) is 31.6 Å². The molecule has 3 rings (SSSR count). The van der Waals surface area contributed by atoms with Crippen molar-refractivity contribution in [1.29, 1.82) is 0 Å². The zero-order chi connectivity index (χ0) is 24.2. The summed E-state index contributed by atoms with van der Waals surface area (Å²) < 4.78 is 91.1. The van der Waals surface area contributed by atoms with E-state index in [1.54, 1.807) is 0 Å². The van der Waals surface area contributed by atoms with Crippen LogP contribution in [0.1, 0.15) is 49.8 Å². The Hall–Kier alpha value is -2.19. The molecule has 2 aliphatic carbocycles. The smallest absolute Gasteiger partial charge is 0.421 e. The van der Waals surface area contributed by atoms with Gasteiger partial charge in [-0.25, -0.2) is 0 Å². The zero-order valence-corrected chi connectivity index (χ0v) is 17.4. The maximum Gasteiger partial charge on any atom is 0.522 e. The van der Waals surface area contributed by atoms with Crippen molar-refractivity contribution < 1.29 is 49.8 Å². The van der Waals surface area contributed by atoms with E-state index in [0.717, 1.165) is 0 Å². The molecule has 8 nitrogen and oxygen atoms in total. The average Bonchev–Trinajstić information content (AvgIpc) is 3.10. The lowest BCUT2D eigenvalue weighted by atomic mass is 9.82. The maximum atomic E-state index is 12.2. The highest BCUT2D eigenvalue weighted by molar-refractivity contribution is 5.77. The Morgan fingerprint density at radius 1 is 1.03 bits per heavy atom. The minimum absolute atomic E-state index is 0.0809. The number of halogens is 6. The molecule has 2 saturated carbocycles. The Kier molecular flexibility index (Phi) is 8.00. The summed E-state index contributed by atoms with van der Waals surface area (Å²) in [7, 11) is 0. The monoisotopic (exact) mass is 487 g/mol. The second-order valence-electron chi connectivity index (χ2n) is 8.04. The Morgan fingerprint density at radius 2 is 1.64 bits per heavy atom. The van der Waals surface area contributed by atoms with Crippen LogP contribution in [0.2, 0.25) is 0 Å². The van der Waals surface area contributed by atoms with Gasteiger partial charge in [0.15, 0.2) is 0 Å². The summed E-state index contributed by atoms with van der Waals surface area (Å²) in [6.45, 7) is 3.93. The zero-order valence-electron chi connectivity index (χ0n) is 17.4. The molecule has 0 saturated heterocycles.